The van der Waals surface area contributed by atoms with Crippen LogP contribution in [0.5, 0.6) is 0 Å². The maximum atomic E-state index is 5.63. The highest BCUT2D eigenvalue weighted by atomic mass is 15.1. The zero-order chi connectivity index (χ0) is 13.9. The molecule has 0 radical (unpaired) electrons. The van der Waals surface area contributed by atoms with Gasteiger partial charge in [-0.3, -0.25) is 0 Å². The Kier molecular flexibility index (Phi) is 5.21. The van der Waals surface area contributed by atoms with Crippen LogP contribution >= 0.6 is 0 Å². The predicted molar refractivity (Wildman–Crippen MR) is 81.5 cm³/mol. The molecule has 18 heavy (non-hydrogen) atoms. The van der Waals surface area contributed by atoms with E-state index in [-0.39, 0.29) is 0 Å². The van der Waals surface area contributed by atoms with Gasteiger partial charge in [-0.05, 0) is 68.8 Å². The van der Waals surface area contributed by atoms with Gasteiger partial charge in [-0.1, -0.05) is 13.0 Å². The summed E-state index contributed by atoms with van der Waals surface area (Å²) in [5, 5.41) is 0. The minimum atomic E-state index is 0.639. The highest BCUT2D eigenvalue weighted by molar-refractivity contribution is 5.63. The average molecular weight is 248 g/mol. The molecule has 2 nitrogen and oxygen atoms in total. The van der Waals surface area contributed by atoms with Crippen LogP contribution in [-0.2, 0) is 0 Å². The minimum Gasteiger partial charge on any atom is -0.374 e. The number of aryl methyl sites for hydroxylation is 2. The molecule has 2 heteroatoms. The van der Waals surface area contributed by atoms with Crippen molar-refractivity contribution >= 4 is 5.69 Å². The molecular formula is C16H28N2. The molecule has 1 atom stereocenters. The zero-order valence-electron chi connectivity index (χ0n) is 12.8. The molecule has 0 saturated carbocycles. The van der Waals surface area contributed by atoms with Gasteiger partial charge in [-0.25, -0.2) is 0 Å². The van der Waals surface area contributed by atoms with Crippen LogP contribution < -0.4 is 10.6 Å². The quantitative estimate of drug-likeness (QED) is 0.866. The van der Waals surface area contributed by atoms with Crippen LogP contribution in [0.25, 0.3) is 0 Å². The molecule has 102 valence electrons. The minimum absolute atomic E-state index is 0.639. The SMILES string of the molecule is Cc1cc(C)c(C)c(N(C)CC(C)CCN)c1C. The predicted octanol–water partition coefficient (Wildman–Crippen LogP) is 3.34. The third kappa shape index (κ3) is 3.26. The molecule has 1 unspecified atom stereocenters. The highest BCUT2D eigenvalue weighted by Crippen LogP contribution is 2.29. The van der Waals surface area contributed by atoms with Crippen LogP contribution in [0.1, 0.15) is 35.6 Å². The molecule has 0 amide bonds. The topological polar surface area (TPSA) is 29.3 Å². The lowest BCUT2D eigenvalue weighted by atomic mass is 9.97. The number of hydrogen-bond acceptors (Lipinski definition) is 2. The van der Waals surface area contributed by atoms with Gasteiger partial charge in [0.15, 0.2) is 0 Å². The second-order valence-electron chi connectivity index (χ2n) is 5.67. The van der Waals surface area contributed by atoms with Gasteiger partial charge in [0.1, 0.15) is 0 Å². The molecule has 0 saturated heterocycles. The standard InChI is InChI=1S/C16H28N2/c1-11(7-8-17)10-18(6)16-14(4)12(2)9-13(3)15(16)5/h9,11H,7-8,10,17H2,1-6H3. The summed E-state index contributed by atoms with van der Waals surface area (Å²) in [7, 11) is 2.20. The van der Waals surface area contributed by atoms with E-state index in [4.69, 9.17) is 5.73 Å². The average Bonchev–Trinajstić information content (AvgIpc) is 2.27. The number of nitrogens with two attached hydrogens (primary N) is 1. The Hall–Kier alpha value is -1.02. The molecule has 0 heterocycles. The molecule has 0 aliphatic rings. The number of nitrogens with zero attached hydrogens (tertiary/aromatic N) is 1. The molecule has 0 bridgehead atoms. The van der Waals surface area contributed by atoms with Gasteiger partial charge < -0.3 is 10.6 Å². The maximum Gasteiger partial charge on any atom is 0.0428 e. The van der Waals surface area contributed by atoms with Crippen molar-refractivity contribution in [2.24, 2.45) is 11.7 Å². The third-order valence-electron chi connectivity index (χ3n) is 3.95. The summed E-state index contributed by atoms with van der Waals surface area (Å²) in [6, 6.07) is 2.28. The molecule has 0 aromatic heterocycles. The Balaban J connectivity index is 3.01. The summed E-state index contributed by atoms with van der Waals surface area (Å²) in [5.74, 6) is 0.639. The van der Waals surface area contributed by atoms with Crippen LogP contribution in [0.4, 0.5) is 5.69 Å². The van der Waals surface area contributed by atoms with E-state index >= 15 is 0 Å². The number of anilines is 1. The Labute approximate surface area is 112 Å². The molecular weight excluding hydrogens is 220 g/mol. The monoisotopic (exact) mass is 248 g/mol. The van der Waals surface area contributed by atoms with E-state index in [2.05, 4.69) is 52.6 Å². The van der Waals surface area contributed by atoms with Gasteiger partial charge in [0.25, 0.3) is 0 Å². The number of hydrogen-bond donors (Lipinski definition) is 1. The lowest BCUT2D eigenvalue weighted by molar-refractivity contribution is 0.539. The van der Waals surface area contributed by atoms with Gasteiger partial charge in [-0.2, -0.15) is 0 Å². The van der Waals surface area contributed by atoms with Gasteiger partial charge in [0.05, 0.1) is 0 Å². The van der Waals surface area contributed by atoms with E-state index in [1.54, 1.807) is 0 Å². The number of benzene rings is 1. The van der Waals surface area contributed by atoms with E-state index in [0.717, 1.165) is 19.5 Å². The lowest BCUT2D eigenvalue weighted by Crippen LogP contribution is -2.27. The first-order chi connectivity index (χ1) is 8.38. The van der Waals surface area contributed by atoms with E-state index in [0.29, 0.717) is 5.92 Å². The molecule has 0 aliphatic heterocycles. The summed E-state index contributed by atoms with van der Waals surface area (Å²) in [5.41, 5.74) is 12.6. The first kappa shape index (κ1) is 15.0. The number of rotatable bonds is 5. The Morgan fingerprint density at radius 3 is 2.06 bits per heavy atom. The molecule has 1 rings (SSSR count). The molecule has 1 aromatic carbocycles. The third-order valence-corrected chi connectivity index (χ3v) is 3.95. The Morgan fingerprint density at radius 2 is 1.61 bits per heavy atom. The fourth-order valence-corrected chi connectivity index (χ4v) is 2.70. The van der Waals surface area contributed by atoms with Crippen molar-refractivity contribution in [2.45, 2.75) is 41.0 Å². The van der Waals surface area contributed by atoms with Crippen molar-refractivity contribution in [3.63, 3.8) is 0 Å². The van der Waals surface area contributed by atoms with Crippen molar-refractivity contribution in [3.05, 3.63) is 28.3 Å². The highest BCUT2D eigenvalue weighted by Gasteiger charge is 2.14. The van der Waals surface area contributed by atoms with Gasteiger partial charge >= 0.3 is 0 Å². The fraction of sp³-hybridized carbons (Fsp3) is 0.625. The van der Waals surface area contributed by atoms with E-state index in [1.807, 2.05) is 0 Å². The fourth-order valence-electron chi connectivity index (χ4n) is 2.70. The second kappa shape index (κ2) is 6.24. The zero-order valence-corrected chi connectivity index (χ0v) is 12.8. The van der Waals surface area contributed by atoms with Crippen LogP contribution in [0.2, 0.25) is 0 Å². The smallest absolute Gasteiger partial charge is 0.0428 e. The van der Waals surface area contributed by atoms with Gasteiger partial charge in [-0.15, -0.1) is 0 Å². The van der Waals surface area contributed by atoms with Crippen LogP contribution in [0.3, 0.4) is 0 Å². The van der Waals surface area contributed by atoms with Crippen LogP contribution in [0, 0.1) is 33.6 Å². The van der Waals surface area contributed by atoms with Gasteiger partial charge in [0.2, 0.25) is 0 Å². The lowest BCUT2D eigenvalue weighted by Gasteiger charge is -2.28. The summed E-state index contributed by atoms with van der Waals surface area (Å²) in [6.45, 7) is 13.0. The van der Waals surface area contributed by atoms with E-state index in [1.165, 1.54) is 27.9 Å². The van der Waals surface area contributed by atoms with Crippen LogP contribution in [-0.4, -0.2) is 20.1 Å². The van der Waals surface area contributed by atoms with Gasteiger partial charge in [0, 0.05) is 19.3 Å². The van der Waals surface area contributed by atoms with Crippen molar-refractivity contribution in [1.29, 1.82) is 0 Å². The largest absolute Gasteiger partial charge is 0.374 e. The molecule has 0 fully saturated rings. The molecule has 1 aromatic rings. The first-order valence-corrected chi connectivity index (χ1v) is 6.87. The Morgan fingerprint density at radius 1 is 1.11 bits per heavy atom. The second-order valence-corrected chi connectivity index (χ2v) is 5.67. The molecule has 2 N–H and O–H groups in total. The summed E-state index contributed by atoms with van der Waals surface area (Å²) in [6.07, 6.45) is 1.09. The first-order valence-electron chi connectivity index (χ1n) is 6.87. The van der Waals surface area contributed by atoms with E-state index in [9.17, 15) is 0 Å². The van der Waals surface area contributed by atoms with Crippen molar-refractivity contribution in [1.82, 2.24) is 0 Å². The summed E-state index contributed by atoms with van der Waals surface area (Å²) in [4.78, 5) is 2.39. The van der Waals surface area contributed by atoms with Crippen molar-refractivity contribution < 1.29 is 0 Å². The molecule has 0 aliphatic carbocycles. The summed E-state index contributed by atoms with van der Waals surface area (Å²) >= 11 is 0. The van der Waals surface area contributed by atoms with Crippen molar-refractivity contribution in [2.75, 3.05) is 25.0 Å². The Bertz CT molecular complexity index is 384. The summed E-state index contributed by atoms with van der Waals surface area (Å²) < 4.78 is 0. The van der Waals surface area contributed by atoms with E-state index < -0.39 is 0 Å². The van der Waals surface area contributed by atoms with Crippen molar-refractivity contribution in [3.8, 4) is 0 Å². The maximum absolute atomic E-state index is 5.63. The molecule has 0 spiro atoms. The normalized spacial score (nSPS) is 12.6. The van der Waals surface area contributed by atoms with Crippen LogP contribution in [0.15, 0.2) is 6.07 Å².